The maximum atomic E-state index is 5.29. The number of nitrogens with two attached hydrogens (primary N) is 1. The van der Waals surface area contributed by atoms with Crippen LogP contribution in [0.3, 0.4) is 0 Å². The lowest BCUT2D eigenvalue weighted by Gasteiger charge is -2.01. The summed E-state index contributed by atoms with van der Waals surface area (Å²) in [6.07, 6.45) is 5.42. The van der Waals surface area contributed by atoms with Crippen molar-refractivity contribution in [3.05, 3.63) is 83.9 Å². The number of fused-ring (bicyclic) bond motifs is 1. The molecule has 0 saturated carbocycles. The molecular formula is C22H25N. The maximum Gasteiger partial charge on any atom is 0.000781 e. The lowest BCUT2D eigenvalue weighted by molar-refractivity contribution is 0.715. The number of rotatable bonds is 3. The Balaban J connectivity index is 0.000000338. The van der Waals surface area contributed by atoms with Gasteiger partial charge in [-0.2, -0.15) is 0 Å². The van der Waals surface area contributed by atoms with Gasteiger partial charge >= 0.3 is 0 Å². The van der Waals surface area contributed by atoms with Gasteiger partial charge in [-0.1, -0.05) is 91.9 Å². The van der Waals surface area contributed by atoms with Crippen LogP contribution in [0, 0.1) is 0 Å². The van der Waals surface area contributed by atoms with Crippen molar-refractivity contribution in [1.29, 1.82) is 0 Å². The molecule has 3 rings (SSSR count). The standard InChI is InChI=1S/C18H14.C4H11N/c1-2-7-15(8-3-1)13-14-17-11-6-10-16-9-4-5-12-18(16)17;1-3-4(2)5/h1-14H;4H,3,5H2,1-2H3/b14-13+;. The highest BCUT2D eigenvalue weighted by molar-refractivity contribution is 5.92. The second-order valence-corrected chi connectivity index (χ2v) is 5.70. The van der Waals surface area contributed by atoms with Crippen LogP contribution in [0.15, 0.2) is 72.8 Å². The molecule has 1 unspecified atom stereocenters. The molecule has 2 N–H and O–H groups in total. The third-order valence-electron chi connectivity index (χ3n) is 3.72. The van der Waals surface area contributed by atoms with Crippen molar-refractivity contribution in [2.75, 3.05) is 0 Å². The molecule has 118 valence electrons. The van der Waals surface area contributed by atoms with E-state index in [1.807, 2.05) is 13.0 Å². The minimum absolute atomic E-state index is 0.384. The Bertz CT molecular complexity index is 737. The van der Waals surface area contributed by atoms with Crippen LogP contribution in [0.25, 0.3) is 22.9 Å². The third-order valence-corrected chi connectivity index (χ3v) is 3.72. The Morgan fingerprint density at radius 2 is 1.43 bits per heavy atom. The first-order valence-corrected chi connectivity index (χ1v) is 8.17. The van der Waals surface area contributed by atoms with Crippen LogP contribution in [0.2, 0.25) is 0 Å². The van der Waals surface area contributed by atoms with Gasteiger partial charge < -0.3 is 5.73 Å². The molecule has 0 fully saturated rings. The fraction of sp³-hybridized carbons (Fsp3) is 0.182. The second kappa shape index (κ2) is 8.92. The Morgan fingerprint density at radius 1 is 0.826 bits per heavy atom. The number of benzene rings is 3. The third kappa shape index (κ3) is 5.39. The van der Waals surface area contributed by atoms with E-state index in [0.29, 0.717) is 6.04 Å². The quantitative estimate of drug-likeness (QED) is 0.612. The van der Waals surface area contributed by atoms with Crippen molar-refractivity contribution in [3.63, 3.8) is 0 Å². The van der Waals surface area contributed by atoms with Gasteiger partial charge in [0.25, 0.3) is 0 Å². The molecule has 0 bridgehead atoms. The minimum atomic E-state index is 0.384. The largest absolute Gasteiger partial charge is 0.328 e. The van der Waals surface area contributed by atoms with Crippen LogP contribution >= 0.6 is 0 Å². The van der Waals surface area contributed by atoms with Crippen LogP contribution in [-0.2, 0) is 0 Å². The van der Waals surface area contributed by atoms with E-state index in [2.05, 4.69) is 85.8 Å². The zero-order valence-corrected chi connectivity index (χ0v) is 13.9. The van der Waals surface area contributed by atoms with E-state index < -0.39 is 0 Å². The van der Waals surface area contributed by atoms with E-state index in [-0.39, 0.29) is 0 Å². The summed E-state index contributed by atoms with van der Waals surface area (Å²) in [6.45, 7) is 4.07. The summed E-state index contributed by atoms with van der Waals surface area (Å²) in [5.41, 5.74) is 7.78. The average molecular weight is 303 g/mol. The molecular weight excluding hydrogens is 278 g/mol. The minimum Gasteiger partial charge on any atom is -0.328 e. The SMILES string of the molecule is C(=C\c1cccc2ccccc12)/c1ccccc1.CCC(C)N. The summed E-state index contributed by atoms with van der Waals surface area (Å²) in [4.78, 5) is 0. The molecule has 0 aromatic heterocycles. The first-order valence-electron chi connectivity index (χ1n) is 8.17. The summed E-state index contributed by atoms with van der Waals surface area (Å²) in [7, 11) is 0. The van der Waals surface area contributed by atoms with Gasteiger partial charge in [0, 0.05) is 6.04 Å². The van der Waals surface area contributed by atoms with Crippen molar-refractivity contribution >= 4 is 22.9 Å². The first kappa shape index (κ1) is 17.0. The van der Waals surface area contributed by atoms with E-state index in [4.69, 9.17) is 5.73 Å². The summed E-state index contributed by atoms with van der Waals surface area (Å²) < 4.78 is 0. The van der Waals surface area contributed by atoms with Gasteiger partial charge in [-0.15, -0.1) is 0 Å². The molecule has 1 atom stereocenters. The zero-order valence-electron chi connectivity index (χ0n) is 13.9. The Labute approximate surface area is 139 Å². The Kier molecular flexibility index (Phi) is 6.58. The normalized spacial score (nSPS) is 12.0. The van der Waals surface area contributed by atoms with E-state index in [1.54, 1.807) is 0 Å². The number of hydrogen-bond donors (Lipinski definition) is 1. The smallest absolute Gasteiger partial charge is 0.000781 e. The highest BCUT2D eigenvalue weighted by Crippen LogP contribution is 2.20. The van der Waals surface area contributed by atoms with E-state index in [0.717, 1.165) is 6.42 Å². The molecule has 0 aliphatic heterocycles. The number of hydrogen-bond acceptors (Lipinski definition) is 1. The van der Waals surface area contributed by atoms with Gasteiger partial charge in [0.15, 0.2) is 0 Å². The fourth-order valence-corrected chi connectivity index (χ4v) is 2.15. The van der Waals surface area contributed by atoms with Crippen LogP contribution in [0.5, 0.6) is 0 Å². The molecule has 3 aromatic rings. The Morgan fingerprint density at radius 3 is 2.13 bits per heavy atom. The van der Waals surface area contributed by atoms with Gasteiger partial charge in [0.2, 0.25) is 0 Å². The predicted molar refractivity (Wildman–Crippen MR) is 103 cm³/mol. The molecule has 1 nitrogen and oxygen atoms in total. The summed E-state index contributed by atoms with van der Waals surface area (Å²) in [5, 5.41) is 2.58. The van der Waals surface area contributed by atoms with Crippen molar-refractivity contribution in [3.8, 4) is 0 Å². The summed E-state index contributed by atoms with van der Waals surface area (Å²) >= 11 is 0. The highest BCUT2D eigenvalue weighted by Gasteiger charge is 1.95. The molecule has 0 heterocycles. The first-order chi connectivity index (χ1) is 11.2. The molecule has 0 aliphatic carbocycles. The summed E-state index contributed by atoms with van der Waals surface area (Å²) in [5.74, 6) is 0. The van der Waals surface area contributed by atoms with Gasteiger partial charge in [0.05, 0.1) is 0 Å². The molecule has 0 radical (unpaired) electrons. The van der Waals surface area contributed by atoms with E-state index >= 15 is 0 Å². The van der Waals surface area contributed by atoms with Crippen LogP contribution in [-0.4, -0.2) is 6.04 Å². The second-order valence-electron chi connectivity index (χ2n) is 5.70. The molecule has 0 saturated heterocycles. The molecule has 0 aliphatic rings. The maximum absolute atomic E-state index is 5.29. The highest BCUT2D eigenvalue weighted by atomic mass is 14.6. The predicted octanol–water partition coefficient (Wildman–Crippen LogP) is 5.75. The van der Waals surface area contributed by atoms with Crippen LogP contribution in [0.1, 0.15) is 31.4 Å². The van der Waals surface area contributed by atoms with E-state index in [9.17, 15) is 0 Å². The van der Waals surface area contributed by atoms with Gasteiger partial charge in [-0.05, 0) is 35.2 Å². The zero-order chi connectivity index (χ0) is 16.5. The fourth-order valence-electron chi connectivity index (χ4n) is 2.15. The Hall–Kier alpha value is -2.38. The topological polar surface area (TPSA) is 26.0 Å². The van der Waals surface area contributed by atoms with Gasteiger partial charge in [-0.3, -0.25) is 0 Å². The van der Waals surface area contributed by atoms with Gasteiger partial charge in [-0.25, -0.2) is 0 Å². The summed E-state index contributed by atoms with van der Waals surface area (Å²) in [6, 6.07) is 25.6. The van der Waals surface area contributed by atoms with Crippen molar-refractivity contribution in [1.82, 2.24) is 0 Å². The van der Waals surface area contributed by atoms with Crippen molar-refractivity contribution in [2.24, 2.45) is 5.73 Å². The average Bonchev–Trinajstić information content (AvgIpc) is 2.61. The monoisotopic (exact) mass is 303 g/mol. The molecule has 1 heteroatoms. The lowest BCUT2D eigenvalue weighted by Crippen LogP contribution is -2.11. The van der Waals surface area contributed by atoms with Crippen molar-refractivity contribution < 1.29 is 0 Å². The molecule has 0 amide bonds. The lowest BCUT2D eigenvalue weighted by atomic mass is 10.0. The van der Waals surface area contributed by atoms with Gasteiger partial charge in [0.1, 0.15) is 0 Å². The van der Waals surface area contributed by atoms with Crippen LogP contribution < -0.4 is 5.73 Å². The molecule has 23 heavy (non-hydrogen) atoms. The molecule has 0 spiro atoms. The van der Waals surface area contributed by atoms with Crippen molar-refractivity contribution in [2.45, 2.75) is 26.3 Å². The van der Waals surface area contributed by atoms with Crippen LogP contribution in [0.4, 0.5) is 0 Å². The molecule has 3 aromatic carbocycles. The van der Waals surface area contributed by atoms with E-state index in [1.165, 1.54) is 21.9 Å².